The highest BCUT2D eigenvalue weighted by molar-refractivity contribution is 5.87. The van der Waals surface area contributed by atoms with Crippen molar-refractivity contribution in [3.05, 3.63) is 12.2 Å². The van der Waals surface area contributed by atoms with Crippen LogP contribution in [0.3, 0.4) is 0 Å². The van der Waals surface area contributed by atoms with Crippen LogP contribution in [0.1, 0.15) is 27.2 Å². The second-order valence-electron chi connectivity index (χ2n) is 6.35. The number of fused-ring (bicyclic) bond motifs is 1. The molecule has 2 bridgehead atoms. The summed E-state index contributed by atoms with van der Waals surface area (Å²) >= 11 is 0. The van der Waals surface area contributed by atoms with Gasteiger partial charge in [0.2, 0.25) is 0 Å². The molecule has 0 aromatic heterocycles. The fourth-order valence-corrected chi connectivity index (χ4v) is 4.11. The summed E-state index contributed by atoms with van der Waals surface area (Å²) in [6.07, 6.45) is 0.234. The first kappa shape index (κ1) is 11.8. The SMILES string of the molecule is C=C(C)C(=O)OC1C2OC(=O)C3CC1C(C)(C)C32. The van der Waals surface area contributed by atoms with Gasteiger partial charge >= 0.3 is 11.9 Å². The topological polar surface area (TPSA) is 52.6 Å². The van der Waals surface area contributed by atoms with Crippen molar-refractivity contribution in [3.63, 3.8) is 0 Å². The second-order valence-corrected chi connectivity index (χ2v) is 6.35. The third-order valence-corrected chi connectivity index (χ3v) is 4.98. The minimum atomic E-state index is -0.386. The van der Waals surface area contributed by atoms with Crippen LogP contribution in [0.5, 0.6) is 0 Å². The Balaban J connectivity index is 1.89. The highest BCUT2D eigenvalue weighted by Gasteiger charge is 2.71. The molecule has 1 heterocycles. The van der Waals surface area contributed by atoms with Crippen molar-refractivity contribution in [1.82, 2.24) is 0 Å². The molecule has 5 atom stereocenters. The number of carbonyl (C=O) groups is 2. The van der Waals surface area contributed by atoms with Gasteiger partial charge in [0.1, 0.15) is 12.2 Å². The smallest absolute Gasteiger partial charge is 0.333 e. The van der Waals surface area contributed by atoms with Gasteiger partial charge in [-0.05, 0) is 18.8 Å². The molecule has 3 aliphatic rings. The largest absolute Gasteiger partial charge is 0.458 e. The summed E-state index contributed by atoms with van der Waals surface area (Å²) in [6.45, 7) is 9.51. The van der Waals surface area contributed by atoms with Gasteiger partial charge in [-0.3, -0.25) is 4.79 Å². The first-order valence-electron chi connectivity index (χ1n) is 6.41. The predicted octanol–water partition coefficient (Wildman–Crippen LogP) is 1.69. The molecule has 3 rings (SSSR count). The molecule has 0 aromatic rings. The van der Waals surface area contributed by atoms with Crippen molar-refractivity contribution in [2.45, 2.75) is 39.4 Å². The van der Waals surface area contributed by atoms with Crippen LogP contribution >= 0.6 is 0 Å². The lowest BCUT2D eigenvalue weighted by Crippen LogP contribution is -2.36. The summed E-state index contributed by atoms with van der Waals surface area (Å²) in [5.41, 5.74) is 0.387. The minimum Gasteiger partial charge on any atom is -0.458 e. The van der Waals surface area contributed by atoms with Crippen LogP contribution in [-0.4, -0.2) is 24.1 Å². The first-order chi connectivity index (χ1) is 8.34. The molecule has 2 saturated carbocycles. The molecule has 1 aliphatic heterocycles. The monoisotopic (exact) mass is 250 g/mol. The van der Waals surface area contributed by atoms with E-state index in [1.807, 2.05) is 0 Å². The predicted molar refractivity (Wildman–Crippen MR) is 63.4 cm³/mol. The third-order valence-electron chi connectivity index (χ3n) is 4.98. The molecular weight excluding hydrogens is 232 g/mol. The molecular formula is C14H18O4. The van der Waals surface area contributed by atoms with E-state index >= 15 is 0 Å². The number of esters is 2. The van der Waals surface area contributed by atoms with Gasteiger partial charge in [0, 0.05) is 17.4 Å². The average molecular weight is 250 g/mol. The van der Waals surface area contributed by atoms with E-state index in [0.717, 1.165) is 6.42 Å². The average Bonchev–Trinajstić information content (AvgIpc) is 2.75. The summed E-state index contributed by atoms with van der Waals surface area (Å²) in [4.78, 5) is 23.4. The van der Waals surface area contributed by atoms with Gasteiger partial charge in [0.25, 0.3) is 0 Å². The third kappa shape index (κ3) is 1.26. The fraction of sp³-hybridized carbons (Fsp3) is 0.714. The zero-order valence-corrected chi connectivity index (χ0v) is 10.9. The molecule has 0 amide bonds. The maximum absolute atomic E-state index is 11.8. The first-order valence-corrected chi connectivity index (χ1v) is 6.41. The number of carbonyl (C=O) groups excluding carboxylic acids is 2. The molecule has 0 aromatic carbocycles. The van der Waals surface area contributed by atoms with E-state index in [1.165, 1.54) is 0 Å². The fourth-order valence-electron chi connectivity index (χ4n) is 4.11. The van der Waals surface area contributed by atoms with Crippen molar-refractivity contribution < 1.29 is 19.1 Å². The molecule has 0 radical (unpaired) electrons. The molecule has 0 N–H and O–H groups in total. The van der Waals surface area contributed by atoms with Crippen LogP contribution in [0, 0.1) is 23.2 Å². The summed E-state index contributed by atoms with van der Waals surface area (Å²) in [7, 11) is 0. The zero-order valence-electron chi connectivity index (χ0n) is 10.9. The summed E-state index contributed by atoms with van der Waals surface area (Å²) in [5.74, 6) is -0.0859. The lowest BCUT2D eigenvalue weighted by molar-refractivity contribution is -0.158. The van der Waals surface area contributed by atoms with E-state index in [0.29, 0.717) is 5.57 Å². The summed E-state index contributed by atoms with van der Waals surface area (Å²) < 4.78 is 10.9. The van der Waals surface area contributed by atoms with Crippen molar-refractivity contribution in [1.29, 1.82) is 0 Å². The van der Waals surface area contributed by atoms with Crippen molar-refractivity contribution in [3.8, 4) is 0 Å². The number of ether oxygens (including phenoxy) is 2. The molecule has 4 heteroatoms. The number of rotatable bonds is 2. The quantitative estimate of drug-likeness (QED) is 0.553. The minimum absolute atomic E-state index is 0.00150. The molecule has 18 heavy (non-hydrogen) atoms. The lowest BCUT2D eigenvalue weighted by Gasteiger charge is -2.26. The summed E-state index contributed by atoms with van der Waals surface area (Å²) in [5, 5.41) is 0. The maximum Gasteiger partial charge on any atom is 0.333 e. The van der Waals surface area contributed by atoms with Crippen LogP contribution in [0.2, 0.25) is 0 Å². The Morgan fingerprint density at radius 3 is 2.78 bits per heavy atom. The molecule has 4 nitrogen and oxygen atoms in total. The van der Waals surface area contributed by atoms with Crippen LogP contribution in [-0.2, 0) is 19.1 Å². The van der Waals surface area contributed by atoms with Gasteiger partial charge in [0.05, 0.1) is 5.92 Å². The normalized spacial score (nSPS) is 42.8. The van der Waals surface area contributed by atoms with Crippen LogP contribution in [0.15, 0.2) is 12.2 Å². The lowest BCUT2D eigenvalue weighted by atomic mass is 9.80. The van der Waals surface area contributed by atoms with E-state index < -0.39 is 0 Å². The van der Waals surface area contributed by atoms with E-state index in [4.69, 9.17) is 9.47 Å². The van der Waals surface area contributed by atoms with Gasteiger partial charge in [-0.15, -0.1) is 0 Å². The zero-order chi connectivity index (χ0) is 13.2. The van der Waals surface area contributed by atoms with Crippen LogP contribution < -0.4 is 0 Å². The Morgan fingerprint density at radius 2 is 2.17 bits per heavy atom. The van der Waals surface area contributed by atoms with E-state index in [9.17, 15) is 9.59 Å². The second kappa shape index (κ2) is 3.37. The van der Waals surface area contributed by atoms with Gasteiger partial charge < -0.3 is 9.47 Å². The van der Waals surface area contributed by atoms with Crippen molar-refractivity contribution in [2.75, 3.05) is 0 Å². The Labute approximate surface area is 106 Å². The van der Waals surface area contributed by atoms with Gasteiger partial charge in [0.15, 0.2) is 0 Å². The van der Waals surface area contributed by atoms with Crippen LogP contribution in [0.25, 0.3) is 0 Å². The highest BCUT2D eigenvalue weighted by atomic mass is 16.6. The van der Waals surface area contributed by atoms with Crippen molar-refractivity contribution in [2.24, 2.45) is 23.2 Å². The highest BCUT2D eigenvalue weighted by Crippen LogP contribution is 2.65. The standard InChI is InChI=1S/C14H18O4/c1-6(2)12(15)17-10-8-5-7-9(14(8,3)4)11(10)18-13(7)16/h7-11H,1,5H2,2-4H3. The van der Waals surface area contributed by atoms with Gasteiger partial charge in [-0.2, -0.15) is 0 Å². The molecule has 3 fully saturated rings. The Morgan fingerprint density at radius 1 is 1.50 bits per heavy atom. The van der Waals surface area contributed by atoms with E-state index in [2.05, 4.69) is 20.4 Å². The molecule has 98 valence electrons. The summed E-state index contributed by atoms with van der Waals surface area (Å²) in [6, 6.07) is 0. The Hall–Kier alpha value is -1.32. The Kier molecular flexibility index (Phi) is 2.20. The van der Waals surface area contributed by atoms with Gasteiger partial charge in [-0.1, -0.05) is 20.4 Å². The maximum atomic E-state index is 11.8. The Bertz CT molecular complexity index is 451. The van der Waals surface area contributed by atoms with Crippen molar-refractivity contribution >= 4 is 11.9 Å². The number of hydrogen-bond donors (Lipinski definition) is 0. The molecule has 2 aliphatic carbocycles. The number of hydrogen-bond acceptors (Lipinski definition) is 4. The molecule has 0 spiro atoms. The van der Waals surface area contributed by atoms with E-state index in [-0.39, 0.29) is 47.3 Å². The molecule has 5 unspecified atom stereocenters. The van der Waals surface area contributed by atoms with E-state index in [1.54, 1.807) is 6.92 Å². The van der Waals surface area contributed by atoms with Crippen LogP contribution in [0.4, 0.5) is 0 Å². The van der Waals surface area contributed by atoms with Gasteiger partial charge in [-0.25, -0.2) is 4.79 Å². The molecule has 1 saturated heterocycles.